The lowest BCUT2D eigenvalue weighted by Gasteiger charge is -2.04. The molecule has 0 amide bonds. The summed E-state index contributed by atoms with van der Waals surface area (Å²) in [4.78, 5) is 11.1. The van der Waals surface area contributed by atoms with Crippen LogP contribution in [0.3, 0.4) is 0 Å². The van der Waals surface area contributed by atoms with Crippen LogP contribution in [0.25, 0.3) is 0 Å². The molecule has 0 radical (unpaired) electrons. The van der Waals surface area contributed by atoms with Crippen molar-refractivity contribution in [1.29, 1.82) is 0 Å². The van der Waals surface area contributed by atoms with Crippen molar-refractivity contribution in [2.24, 2.45) is 0 Å². The molecule has 20 heavy (non-hydrogen) atoms. The zero-order valence-corrected chi connectivity index (χ0v) is 13.8. The lowest BCUT2D eigenvalue weighted by molar-refractivity contribution is -0.368. The summed E-state index contributed by atoms with van der Waals surface area (Å²) < 4.78 is 5.04. The smallest absolute Gasteiger partial charge is 0.333 e. The van der Waals surface area contributed by atoms with Crippen molar-refractivity contribution in [3.63, 3.8) is 0 Å². The highest BCUT2D eigenvalue weighted by molar-refractivity contribution is 5.86. The molecule has 0 saturated heterocycles. The quantitative estimate of drug-likeness (QED) is 0.301. The molecule has 0 unspecified atom stereocenters. The molecular weight excluding hydrogens is 274 g/mol. The van der Waals surface area contributed by atoms with Gasteiger partial charge in [-0.3, -0.25) is 0 Å². The summed E-state index contributed by atoms with van der Waals surface area (Å²) in [5, 5.41) is 0. The molecule has 3 N–H and O–H groups in total. The Labute approximate surface area is 130 Å². The van der Waals surface area contributed by atoms with Gasteiger partial charge >= 0.3 is 5.97 Å². The number of halogens is 1. The molecule has 0 bridgehead atoms. The Hall–Kier alpha value is -0.540. The normalized spacial score (nSPS) is 9.90. The third-order valence-corrected chi connectivity index (χ3v) is 3.23. The van der Waals surface area contributed by atoms with Gasteiger partial charge in [0.2, 0.25) is 0 Å². The number of hydrogen-bond donors (Lipinski definition) is 1. The predicted molar refractivity (Wildman–Crippen MR) is 79.7 cm³/mol. The van der Waals surface area contributed by atoms with Gasteiger partial charge in [-0.15, -0.1) is 0 Å². The third kappa shape index (κ3) is 15.5. The second-order valence-electron chi connectivity index (χ2n) is 5.31. The fraction of sp³-hybridized carbons (Fsp3) is 0.812. The summed E-state index contributed by atoms with van der Waals surface area (Å²) >= 11 is 0. The van der Waals surface area contributed by atoms with Gasteiger partial charge in [0.15, 0.2) is 0 Å². The van der Waals surface area contributed by atoms with E-state index in [0.717, 1.165) is 19.4 Å². The van der Waals surface area contributed by atoms with Gasteiger partial charge in [0.05, 0.1) is 13.2 Å². The third-order valence-electron chi connectivity index (χ3n) is 3.23. The van der Waals surface area contributed by atoms with Crippen molar-refractivity contribution in [3.05, 3.63) is 12.2 Å². The molecule has 0 aromatic carbocycles. The van der Waals surface area contributed by atoms with Crippen molar-refractivity contribution in [2.45, 2.75) is 71.1 Å². The summed E-state index contributed by atoms with van der Waals surface area (Å²) in [6.45, 7) is 6.85. The molecule has 0 aromatic heterocycles. The van der Waals surface area contributed by atoms with Crippen LogP contribution in [0.15, 0.2) is 12.2 Å². The van der Waals surface area contributed by atoms with E-state index in [4.69, 9.17) is 4.74 Å². The van der Waals surface area contributed by atoms with E-state index in [1.54, 1.807) is 6.92 Å². The molecule has 0 aliphatic rings. The van der Waals surface area contributed by atoms with Gasteiger partial charge in [-0.2, -0.15) is 0 Å². The van der Waals surface area contributed by atoms with E-state index in [1.807, 2.05) is 0 Å². The molecular formula is C16H32ClNO2. The maximum atomic E-state index is 11.1. The molecule has 0 heterocycles. The zero-order chi connectivity index (χ0) is 14.3. The number of quaternary nitrogens is 1. The van der Waals surface area contributed by atoms with Crippen LogP contribution in [0.1, 0.15) is 71.1 Å². The van der Waals surface area contributed by atoms with Crippen LogP contribution in [-0.2, 0) is 9.53 Å². The fourth-order valence-electron chi connectivity index (χ4n) is 1.98. The van der Waals surface area contributed by atoms with Crippen LogP contribution in [0.4, 0.5) is 0 Å². The molecule has 120 valence electrons. The van der Waals surface area contributed by atoms with E-state index in [9.17, 15) is 4.79 Å². The van der Waals surface area contributed by atoms with Crippen molar-refractivity contribution < 1.29 is 27.7 Å². The second-order valence-corrected chi connectivity index (χ2v) is 5.31. The van der Waals surface area contributed by atoms with Crippen LogP contribution in [0.5, 0.6) is 0 Å². The van der Waals surface area contributed by atoms with E-state index in [0.29, 0.717) is 12.2 Å². The number of ether oxygens (including phenoxy) is 1. The number of carbonyl (C=O) groups is 1. The van der Waals surface area contributed by atoms with E-state index < -0.39 is 0 Å². The summed E-state index contributed by atoms with van der Waals surface area (Å²) in [6.07, 6.45) is 12.8. The van der Waals surface area contributed by atoms with Gasteiger partial charge < -0.3 is 22.9 Å². The van der Waals surface area contributed by atoms with Crippen molar-refractivity contribution in [1.82, 2.24) is 0 Å². The lowest BCUT2D eigenvalue weighted by atomic mass is 10.1. The van der Waals surface area contributed by atoms with Crippen LogP contribution in [0, 0.1) is 0 Å². The first-order chi connectivity index (χ1) is 9.18. The van der Waals surface area contributed by atoms with Gasteiger partial charge in [0.1, 0.15) is 0 Å². The number of hydrogen-bond acceptors (Lipinski definition) is 2. The number of unbranched alkanes of at least 4 members (excludes halogenated alkanes) is 9. The maximum Gasteiger partial charge on any atom is 0.333 e. The van der Waals surface area contributed by atoms with Gasteiger partial charge in [-0.05, 0) is 26.2 Å². The molecule has 4 heteroatoms. The Morgan fingerprint density at radius 1 is 0.900 bits per heavy atom. The molecule has 3 nitrogen and oxygen atoms in total. The molecule has 0 saturated carbocycles. The number of carbonyl (C=O) groups excluding carboxylic acids is 1. The highest BCUT2D eigenvalue weighted by atomic mass is 35.5. The first-order valence-corrected chi connectivity index (χ1v) is 7.80. The first kappa shape index (κ1) is 21.8. The van der Waals surface area contributed by atoms with Gasteiger partial charge in [-0.25, -0.2) is 4.79 Å². The molecule has 0 aliphatic carbocycles. The van der Waals surface area contributed by atoms with Crippen molar-refractivity contribution >= 4 is 5.97 Å². The number of esters is 1. The second kappa shape index (κ2) is 16.5. The highest BCUT2D eigenvalue weighted by Crippen LogP contribution is 2.10. The van der Waals surface area contributed by atoms with Crippen LogP contribution in [-0.4, -0.2) is 19.1 Å². The van der Waals surface area contributed by atoms with E-state index in [2.05, 4.69) is 12.3 Å². The SMILES string of the molecule is C=C(C)C(=O)OCCCCCCCCCCCC[NH3+].[Cl-]. The van der Waals surface area contributed by atoms with Gasteiger partial charge in [-0.1, -0.05) is 51.5 Å². The van der Waals surface area contributed by atoms with Crippen LogP contribution in [0.2, 0.25) is 0 Å². The Bertz CT molecular complexity index is 245. The van der Waals surface area contributed by atoms with E-state index in [1.165, 1.54) is 51.4 Å². The Balaban J connectivity index is 0. The predicted octanol–water partition coefficient (Wildman–Crippen LogP) is 0.253. The minimum Gasteiger partial charge on any atom is -1.00 e. The van der Waals surface area contributed by atoms with Crippen LogP contribution < -0.4 is 18.1 Å². The number of rotatable bonds is 13. The lowest BCUT2D eigenvalue weighted by Crippen LogP contribution is -3.00. The topological polar surface area (TPSA) is 53.9 Å². The molecule has 0 aliphatic heterocycles. The molecule has 0 fully saturated rings. The van der Waals surface area contributed by atoms with Crippen molar-refractivity contribution in [3.8, 4) is 0 Å². The first-order valence-electron chi connectivity index (χ1n) is 7.80. The molecule has 0 spiro atoms. The van der Waals surface area contributed by atoms with E-state index in [-0.39, 0.29) is 18.4 Å². The average Bonchev–Trinajstić information content (AvgIpc) is 2.39. The summed E-state index contributed by atoms with van der Waals surface area (Å²) in [5.41, 5.74) is 4.34. The largest absolute Gasteiger partial charge is 1.00 e. The Morgan fingerprint density at radius 2 is 1.30 bits per heavy atom. The van der Waals surface area contributed by atoms with E-state index >= 15 is 0 Å². The summed E-state index contributed by atoms with van der Waals surface area (Å²) in [6, 6.07) is 0. The monoisotopic (exact) mass is 305 g/mol. The Kier molecular flexibility index (Phi) is 18.0. The highest BCUT2D eigenvalue weighted by Gasteiger charge is 2.01. The van der Waals surface area contributed by atoms with Gasteiger partial charge in [0.25, 0.3) is 0 Å². The Morgan fingerprint density at radius 3 is 1.70 bits per heavy atom. The minimum atomic E-state index is -0.262. The average molecular weight is 306 g/mol. The molecule has 0 atom stereocenters. The standard InChI is InChI=1S/C16H31NO2.ClH/c1-15(2)16(18)19-14-12-10-8-6-4-3-5-7-9-11-13-17;/h1,3-14,17H2,2H3;1H. The fourth-order valence-corrected chi connectivity index (χ4v) is 1.98. The molecule has 0 rings (SSSR count). The minimum absolute atomic E-state index is 0. The summed E-state index contributed by atoms with van der Waals surface area (Å²) in [5.74, 6) is -0.262. The zero-order valence-electron chi connectivity index (χ0n) is 13.1. The van der Waals surface area contributed by atoms with Crippen molar-refractivity contribution in [2.75, 3.05) is 13.2 Å². The maximum absolute atomic E-state index is 11.1. The summed E-state index contributed by atoms with van der Waals surface area (Å²) in [7, 11) is 0. The van der Waals surface area contributed by atoms with Gasteiger partial charge in [0, 0.05) is 5.57 Å². The van der Waals surface area contributed by atoms with Crippen LogP contribution >= 0.6 is 0 Å². The molecule has 0 aromatic rings.